The Balaban J connectivity index is 2.55. The van der Waals surface area contributed by atoms with Gasteiger partial charge in [0.05, 0.1) is 0 Å². The zero-order valence-corrected chi connectivity index (χ0v) is 9.75. The van der Waals surface area contributed by atoms with Gasteiger partial charge in [0.1, 0.15) is 11.8 Å². The van der Waals surface area contributed by atoms with Crippen LogP contribution in [0, 0.1) is 11.3 Å². The van der Waals surface area contributed by atoms with Gasteiger partial charge >= 0.3 is 0 Å². The maximum Gasteiger partial charge on any atom is 0.120 e. The molecule has 1 heterocycles. The van der Waals surface area contributed by atoms with Gasteiger partial charge in [-0.1, -0.05) is 13.8 Å². The first-order chi connectivity index (χ1) is 7.21. The number of rotatable bonds is 5. The van der Waals surface area contributed by atoms with Crippen molar-refractivity contribution in [3.05, 3.63) is 23.5 Å². The first-order valence-electron chi connectivity index (χ1n) is 5.50. The Kier molecular flexibility index (Phi) is 4.38. The second kappa shape index (κ2) is 5.57. The highest BCUT2D eigenvalue weighted by molar-refractivity contribution is 5.28. The number of nitrogens with zero attached hydrogens (tertiary/aromatic N) is 2. The number of aromatic nitrogens is 1. The van der Waals surface area contributed by atoms with Crippen molar-refractivity contribution in [1.82, 2.24) is 9.88 Å². The van der Waals surface area contributed by atoms with E-state index in [0.29, 0.717) is 6.04 Å². The van der Waals surface area contributed by atoms with Crippen molar-refractivity contribution in [2.24, 2.45) is 7.05 Å². The van der Waals surface area contributed by atoms with E-state index < -0.39 is 0 Å². The summed E-state index contributed by atoms with van der Waals surface area (Å²) in [4.78, 5) is 0. The molecule has 1 rings (SSSR count). The minimum absolute atomic E-state index is 0.579. The Bertz CT molecular complexity index is 342. The van der Waals surface area contributed by atoms with Crippen LogP contribution >= 0.6 is 0 Å². The van der Waals surface area contributed by atoms with Gasteiger partial charge in [-0.3, -0.25) is 0 Å². The van der Waals surface area contributed by atoms with E-state index in [1.807, 2.05) is 23.9 Å². The van der Waals surface area contributed by atoms with Crippen LogP contribution in [0.5, 0.6) is 0 Å². The molecule has 0 aliphatic carbocycles. The fourth-order valence-corrected chi connectivity index (χ4v) is 1.68. The van der Waals surface area contributed by atoms with Crippen molar-refractivity contribution < 1.29 is 0 Å². The molecule has 0 unspecified atom stereocenters. The van der Waals surface area contributed by atoms with Crippen LogP contribution in [0.15, 0.2) is 12.3 Å². The van der Waals surface area contributed by atoms with Crippen molar-refractivity contribution in [2.75, 3.05) is 0 Å². The molecule has 3 heteroatoms. The van der Waals surface area contributed by atoms with E-state index in [1.165, 1.54) is 5.56 Å². The van der Waals surface area contributed by atoms with Crippen molar-refractivity contribution in [2.45, 2.75) is 39.3 Å². The molecular weight excluding hydrogens is 186 g/mol. The molecule has 0 aliphatic heterocycles. The van der Waals surface area contributed by atoms with Crippen molar-refractivity contribution in [3.8, 4) is 6.07 Å². The minimum atomic E-state index is 0.579. The van der Waals surface area contributed by atoms with Gasteiger partial charge < -0.3 is 9.88 Å². The summed E-state index contributed by atoms with van der Waals surface area (Å²) in [5, 5.41) is 12.3. The van der Waals surface area contributed by atoms with Gasteiger partial charge in [0.2, 0.25) is 0 Å². The Hall–Kier alpha value is -1.27. The molecule has 0 amide bonds. The molecule has 0 fully saturated rings. The zero-order chi connectivity index (χ0) is 11.3. The quantitative estimate of drug-likeness (QED) is 0.800. The predicted octanol–water partition coefficient (Wildman–Crippen LogP) is 2.17. The lowest BCUT2D eigenvalue weighted by molar-refractivity contribution is 0.484. The van der Waals surface area contributed by atoms with Crippen LogP contribution in [0.3, 0.4) is 0 Å². The topological polar surface area (TPSA) is 40.8 Å². The fourth-order valence-electron chi connectivity index (χ4n) is 1.68. The molecule has 0 saturated carbocycles. The molecule has 1 aromatic rings. The molecule has 82 valence electrons. The van der Waals surface area contributed by atoms with Crippen LogP contribution in [-0.4, -0.2) is 10.6 Å². The Morgan fingerprint density at radius 1 is 1.47 bits per heavy atom. The first kappa shape index (κ1) is 11.8. The molecule has 0 saturated heterocycles. The van der Waals surface area contributed by atoms with Crippen molar-refractivity contribution in [1.29, 1.82) is 5.26 Å². The lowest BCUT2D eigenvalue weighted by Gasteiger charge is -2.13. The second-order valence-electron chi connectivity index (χ2n) is 3.85. The smallest absolute Gasteiger partial charge is 0.120 e. The van der Waals surface area contributed by atoms with E-state index in [0.717, 1.165) is 25.1 Å². The van der Waals surface area contributed by atoms with E-state index in [-0.39, 0.29) is 0 Å². The maximum absolute atomic E-state index is 8.81. The molecule has 15 heavy (non-hydrogen) atoms. The molecule has 1 N–H and O–H groups in total. The third kappa shape index (κ3) is 3.10. The third-order valence-corrected chi connectivity index (χ3v) is 2.76. The molecule has 3 nitrogen and oxygen atoms in total. The summed E-state index contributed by atoms with van der Waals surface area (Å²) in [6, 6.07) is 4.69. The standard InChI is InChI=1S/C12H19N3/c1-4-11(5-2)14-8-10-6-12(7-13)15(3)9-10/h6,9,11,14H,4-5,8H2,1-3H3. The number of aryl methyl sites for hydroxylation is 1. The molecule has 0 atom stereocenters. The average Bonchev–Trinajstić information content (AvgIpc) is 2.60. The average molecular weight is 205 g/mol. The SMILES string of the molecule is CCC(CC)NCc1cc(C#N)n(C)c1. The summed E-state index contributed by atoms with van der Waals surface area (Å²) in [7, 11) is 1.90. The van der Waals surface area contributed by atoms with Gasteiger partial charge in [0, 0.05) is 25.8 Å². The largest absolute Gasteiger partial charge is 0.342 e. The summed E-state index contributed by atoms with van der Waals surface area (Å²) in [5.74, 6) is 0. The molecule has 0 bridgehead atoms. The summed E-state index contributed by atoms with van der Waals surface area (Å²) in [6.07, 6.45) is 4.30. The van der Waals surface area contributed by atoms with E-state index >= 15 is 0 Å². The van der Waals surface area contributed by atoms with Gasteiger partial charge in [-0.05, 0) is 24.5 Å². The summed E-state index contributed by atoms with van der Waals surface area (Å²) in [6.45, 7) is 5.22. The highest BCUT2D eigenvalue weighted by Crippen LogP contribution is 2.07. The van der Waals surface area contributed by atoms with Crippen molar-refractivity contribution >= 4 is 0 Å². The normalized spacial score (nSPS) is 10.6. The van der Waals surface area contributed by atoms with Crippen LogP contribution in [0.2, 0.25) is 0 Å². The van der Waals surface area contributed by atoms with Gasteiger partial charge in [0.15, 0.2) is 0 Å². The van der Waals surface area contributed by atoms with Gasteiger partial charge in [-0.2, -0.15) is 5.26 Å². The van der Waals surface area contributed by atoms with E-state index in [9.17, 15) is 0 Å². The van der Waals surface area contributed by atoms with Crippen LogP contribution in [0.1, 0.15) is 37.9 Å². The lowest BCUT2D eigenvalue weighted by atomic mass is 10.1. The number of hydrogen-bond donors (Lipinski definition) is 1. The van der Waals surface area contributed by atoms with Crippen LogP contribution < -0.4 is 5.32 Å². The second-order valence-corrected chi connectivity index (χ2v) is 3.85. The number of hydrogen-bond acceptors (Lipinski definition) is 2. The monoisotopic (exact) mass is 205 g/mol. The first-order valence-corrected chi connectivity index (χ1v) is 5.50. The summed E-state index contributed by atoms with van der Waals surface area (Å²) in [5.41, 5.74) is 1.90. The number of nitrogens with one attached hydrogen (secondary N) is 1. The summed E-state index contributed by atoms with van der Waals surface area (Å²) >= 11 is 0. The summed E-state index contributed by atoms with van der Waals surface area (Å²) < 4.78 is 1.86. The molecule has 0 spiro atoms. The Labute approximate surface area is 91.7 Å². The minimum Gasteiger partial charge on any atom is -0.342 e. The Morgan fingerprint density at radius 2 is 2.13 bits per heavy atom. The van der Waals surface area contributed by atoms with E-state index in [2.05, 4.69) is 25.2 Å². The third-order valence-electron chi connectivity index (χ3n) is 2.76. The van der Waals surface area contributed by atoms with Gasteiger partial charge in [0.25, 0.3) is 0 Å². The highest BCUT2D eigenvalue weighted by Gasteiger charge is 2.05. The van der Waals surface area contributed by atoms with E-state index in [4.69, 9.17) is 5.26 Å². The molecule has 1 aromatic heterocycles. The predicted molar refractivity (Wildman–Crippen MR) is 61.3 cm³/mol. The van der Waals surface area contributed by atoms with Gasteiger partial charge in [-0.15, -0.1) is 0 Å². The molecule has 0 aromatic carbocycles. The van der Waals surface area contributed by atoms with Crippen LogP contribution in [0.25, 0.3) is 0 Å². The van der Waals surface area contributed by atoms with Crippen LogP contribution in [0.4, 0.5) is 0 Å². The molecular formula is C12H19N3. The maximum atomic E-state index is 8.81. The number of nitriles is 1. The van der Waals surface area contributed by atoms with Crippen molar-refractivity contribution in [3.63, 3.8) is 0 Å². The fraction of sp³-hybridized carbons (Fsp3) is 0.583. The van der Waals surface area contributed by atoms with Gasteiger partial charge in [-0.25, -0.2) is 0 Å². The lowest BCUT2D eigenvalue weighted by Crippen LogP contribution is -2.26. The van der Waals surface area contributed by atoms with E-state index in [1.54, 1.807) is 0 Å². The van der Waals surface area contributed by atoms with Crippen LogP contribution in [-0.2, 0) is 13.6 Å². The zero-order valence-electron chi connectivity index (χ0n) is 9.75. The highest BCUT2D eigenvalue weighted by atomic mass is 14.9. The molecule has 0 aliphatic rings. The Morgan fingerprint density at radius 3 is 2.60 bits per heavy atom. The molecule has 0 radical (unpaired) electrons.